The Hall–Kier alpha value is -0.0400. The van der Waals surface area contributed by atoms with E-state index in [0.29, 0.717) is 0 Å². The average Bonchev–Trinajstić information content (AvgIpc) is 2.93. The maximum absolute atomic E-state index is 3.78. The van der Waals surface area contributed by atoms with Crippen molar-refractivity contribution in [3.63, 3.8) is 0 Å². The van der Waals surface area contributed by atoms with Crippen LogP contribution in [0.5, 0.6) is 0 Å². The molecule has 0 radical (unpaired) electrons. The van der Waals surface area contributed by atoms with Crippen molar-refractivity contribution in [2.75, 3.05) is 0 Å². The van der Waals surface area contributed by atoms with Crippen LogP contribution in [0.4, 0.5) is 0 Å². The number of rotatable bonds is 3. The third kappa shape index (κ3) is 2.98. The van der Waals surface area contributed by atoms with Crippen molar-refractivity contribution in [2.24, 2.45) is 5.92 Å². The molecule has 2 atom stereocenters. The van der Waals surface area contributed by atoms with E-state index < -0.39 is 0 Å². The van der Waals surface area contributed by atoms with Crippen molar-refractivity contribution < 1.29 is 0 Å². The highest BCUT2D eigenvalue weighted by Crippen LogP contribution is 2.28. The van der Waals surface area contributed by atoms with E-state index in [1.54, 1.807) is 0 Å². The lowest BCUT2D eigenvalue weighted by atomic mass is 9.98. The van der Waals surface area contributed by atoms with Crippen LogP contribution in [0, 0.1) is 5.92 Å². The standard InChI is InChI=1S/C12H23N/c1-2-10-4-3-5-11(7-6-10)13-12-8-9-12/h10-13H,2-9H2,1H3. The third-order valence-corrected chi connectivity index (χ3v) is 3.71. The Balaban J connectivity index is 1.72. The second kappa shape index (κ2) is 4.45. The molecule has 13 heavy (non-hydrogen) atoms. The lowest BCUT2D eigenvalue weighted by molar-refractivity contribution is 0.424. The molecule has 76 valence electrons. The number of hydrogen-bond acceptors (Lipinski definition) is 1. The monoisotopic (exact) mass is 181 g/mol. The molecule has 0 amide bonds. The molecule has 1 nitrogen and oxygen atoms in total. The fourth-order valence-corrected chi connectivity index (χ4v) is 2.54. The molecule has 0 aliphatic heterocycles. The minimum Gasteiger partial charge on any atom is -0.311 e. The zero-order valence-electron chi connectivity index (χ0n) is 8.89. The molecule has 1 N–H and O–H groups in total. The second-order valence-corrected chi connectivity index (χ2v) is 4.92. The first-order chi connectivity index (χ1) is 6.38. The molecule has 0 spiro atoms. The largest absolute Gasteiger partial charge is 0.311 e. The van der Waals surface area contributed by atoms with E-state index >= 15 is 0 Å². The van der Waals surface area contributed by atoms with Gasteiger partial charge in [0.25, 0.3) is 0 Å². The van der Waals surface area contributed by atoms with Crippen molar-refractivity contribution in [1.82, 2.24) is 5.32 Å². The van der Waals surface area contributed by atoms with Crippen LogP contribution in [-0.4, -0.2) is 12.1 Å². The van der Waals surface area contributed by atoms with E-state index in [4.69, 9.17) is 0 Å². The van der Waals surface area contributed by atoms with E-state index in [-0.39, 0.29) is 0 Å². The van der Waals surface area contributed by atoms with Gasteiger partial charge in [0.1, 0.15) is 0 Å². The molecule has 0 heterocycles. The van der Waals surface area contributed by atoms with Crippen LogP contribution >= 0.6 is 0 Å². The van der Waals surface area contributed by atoms with Crippen LogP contribution in [0.25, 0.3) is 0 Å². The summed E-state index contributed by atoms with van der Waals surface area (Å²) in [5.41, 5.74) is 0. The molecule has 0 saturated heterocycles. The van der Waals surface area contributed by atoms with Gasteiger partial charge in [-0.05, 0) is 38.0 Å². The van der Waals surface area contributed by atoms with Gasteiger partial charge in [0.15, 0.2) is 0 Å². The van der Waals surface area contributed by atoms with Crippen LogP contribution in [0.2, 0.25) is 0 Å². The van der Waals surface area contributed by atoms with Gasteiger partial charge < -0.3 is 5.32 Å². The zero-order valence-corrected chi connectivity index (χ0v) is 8.89. The van der Waals surface area contributed by atoms with E-state index in [2.05, 4.69) is 12.2 Å². The molecule has 2 unspecified atom stereocenters. The molecule has 2 rings (SSSR count). The second-order valence-electron chi connectivity index (χ2n) is 4.92. The van der Waals surface area contributed by atoms with E-state index in [1.165, 1.54) is 51.4 Å². The summed E-state index contributed by atoms with van der Waals surface area (Å²) in [6, 6.07) is 1.77. The molecular formula is C12H23N. The zero-order chi connectivity index (χ0) is 9.10. The molecule has 0 aromatic carbocycles. The lowest BCUT2D eigenvalue weighted by Crippen LogP contribution is -2.30. The molecular weight excluding hydrogens is 158 g/mol. The third-order valence-electron chi connectivity index (χ3n) is 3.71. The van der Waals surface area contributed by atoms with Gasteiger partial charge in [-0.15, -0.1) is 0 Å². The Morgan fingerprint density at radius 1 is 0.923 bits per heavy atom. The van der Waals surface area contributed by atoms with E-state index in [0.717, 1.165) is 18.0 Å². The van der Waals surface area contributed by atoms with Gasteiger partial charge in [-0.1, -0.05) is 26.2 Å². The molecule has 0 bridgehead atoms. The van der Waals surface area contributed by atoms with Crippen molar-refractivity contribution in [1.29, 1.82) is 0 Å². The fraction of sp³-hybridized carbons (Fsp3) is 1.00. The van der Waals surface area contributed by atoms with Gasteiger partial charge in [-0.3, -0.25) is 0 Å². The summed E-state index contributed by atoms with van der Waals surface area (Å²) in [7, 11) is 0. The number of nitrogens with one attached hydrogen (secondary N) is 1. The van der Waals surface area contributed by atoms with Crippen molar-refractivity contribution in [3.8, 4) is 0 Å². The lowest BCUT2D eigenvalue weighted by Gasteiger charge is -2.15. The first-order valence-electron chi connectivity index (χ1n) is 6.14. The smallest absolute Gasteiger partial charge is 0.00708 e. The Morgan fingerprint density at radius 3 is 2.31 bits per heavy atom. The molecule has 0 aromatic heterocycles. The molecule has 1 heteroatoms. The quantitative estimate of drug-likeness (QED) is 0.660. The maximum atomic E-state index is 3.78. The Bertz CT molecular complexity index is 151. The number of hydrogen-bond donors (Lipinski definition) is 1. The molecule has 2 fully saturated rings. The SMILES string of the molecule is CCC1CCCC(NC2CC2)CC1. The molecule has 0 aromatic rings. The summed E-state index contributed by atoms with van der Waals surface area (Å²) in [6.07, 6.45) is 11.6. The highest BCUT2D eigenvalue weighted by atomic mass is 15.0. The Labute approximate surface area is 82.3 Å². The van der Waals surface area contributed by atoms with Crippen LogP contribution in [0.15, 0.2) is 0 Å². The van der Waals surface area contributed by atoms with Crippen molar-refractivity contribution >= 4 is 0 Å². The summed E-state index contributed by atoms with van der Waals surface area (Å²) in [6.45, 7) is 2.35. The normalized spacial score (nSPS) is 35.8. The van der Waals surface area contributed by atoms with Crippen LogP contribution in [0.1, 0.15) is 58.3 Å². The van der Waals surface area contributed by atoms with Gasteiger partial charge in [-0.2, -0.15) is 0 Å². The average molecular weight is 181 g/mol. The molecule has 2 saturated carbocycles. The summed E-state index contributed by atoms with van der Waals surface area (Å²) < 4.78 is 0. The minimum atomic E-state index is 0.865. The van der Waals surface area contributed by atoms with Crippen LogP contribution < -0.4 is 5.32 Å². The van der Waals surface area contributed by atoms with Gasteiger partial charge in [0.2, 0.25) is 0 Å². The summed E-state index contributed by atoms with van der Waals surface area (Å²) in [5, 5.41) is 3.78. The minimum absolute atomic E-state index is 0.865. The predicted molar refractivity (Wildman–Crippen MR) is 56.8 cm³/mol. The predicted octanol–water partition coefficient (Wildman–Crippen LogP) is 3.10. The fourth-order valence-electron chi connectivity index (χ4n) is 2.54. The molecule has 2 aliphatic carbocycles. The van der Waals surface area contributed by atoms with Crippen molar-refractivity contribution in [3.05, 3.63) is 0 Å². The highest BCUT2D eigenvalue weighted by molar-refractivity contribution is 4.86. The Kier molecular flexibility index (Phi) is 3.26. The highest BCUT2D eigenvalue weighted by Gasteiger charge is 2.25. The first-order valence-corrected chi connectivity index (χ1v) is 6.14. The molecule has 2 aliphatic rings. The van der Waals surface area contributed by atoms with Gasteiger partial charge in [-0.25, -0.2) is 0 Å². The maximum Gasteiger partial charge on any atom is 0.00708 e. The summed E-state index contributed by atoms with van der Waals surface area (Å²) in [4.78, 5) is 0. The van der Waals surface area contributed by atoms with Crippen LogP contribution in [-0.2, 0) is 0 Å². The summed E-state index contributed by atoms with van der Waals surface area (Å²) >= 11 is 0. The first kappa shape index (κ1) is 9.51. The Morgan fingerprint density at radius 2 is 1.62 bits per heavy atom. The van der Waals surface area contributed by atoms with E-state index in [1.807, 2.05) is 0 Å². The topological polar surface area (TPSA) is 12.0 Å². The summed E-state index contributed by atoms with van der Waals surface area (Å²) in [5.74, 6) is 1.03. The van der Waals surface area contributed by atoms with Gasteiger partial charge >= 0.3 is 0 Å². The van der Waals surface area contributed by atoms with Gasteiger partial charge in [0, 0.05) is 12.1 Å². The van der Waals surface area contributed by atoms with Crippen LogP contribution in [0.3, 0.4) is 0 Å². The van der Waals surface area contributed by atoms with Crippen molar-refractivity contribution in [2.45, 2.75) is 70.4 Å². The van der Waals surface area contributed by atoms with Gasteiger partial charge in [0.05, 0.1) is 0 Å². The van der Waals surface area contributed by atoms with E-state index in [9.17, 15) is 0 Å².